The van der Waals surface area contributed by atoms with Gasteiger partial charge in [0, 0.05) is 49.7 Å². The van der Waals surface area contributed by atoms with Crippen LogP contribution in [0.2, 0.25) is 0 Å². The lowest BCUT2D eigenvalue weighted by molar-refractivity contribution is -0.131. The van der Waals surface area contributed by atoms with Gasteiger partial charge in [-0.2, -0.15) is 5.10 Å². The molecule has 2 aromatic rings. The summed E-state index contributed by atoms with van der Waals surface area (Å²) in [5, 5.41) is 10.4. The molecule has 2 aromatic heterocycles. The van der Waals surface area contributed by atoms with Gasteiger partial charge >= 0.3 is 0 Å². The minimum Gasteiger partial charge on any atom is -0.350 e. The molecule has 3 heterocycles. The number of aryl methyl sites for hydroxylation is 1. The first kappa shape index (κ1) is 20.2. The Morgan fingerprint density at radius 3 is 2.93 bits per heavy atom. The molecule has 1 saturated heterocycles. The van der Waals surface area contributed by atoms with Crippen LogP contribution in [0, 0.1) is 6.92 Å². The Morgan fingerprint density at radius 1 is 1.39 bits per heavy atom. The van der Waals surface area contributed by atoms with E-state index in [-0.39, 0.29) is 24.4 Å². The highest BCUT2D eigenvalue weighted by Gasteiger charge is 2.28. The molecule has 9 nitrogen and oxygen atoms in total. The van der Waals surface area contributed by atoms with E-state index >= 15 is 0 Å². The second-order valence-electron chi connectivity index (χ2n) is 7.97. The first-order chi connectivity index (χ1) is 13.3. The van der Waals surface area contributed by atoms with E-state index in [0.29, 0.717) is 24.3 Å². The number of nitrogens with two attached hydrogens (primary N) is 1. The molecule has 0 saturated carbocycles. The molecule has 9 heteroatoms. The summed E-state index contributed by atoms with van der Waals surface area (Å²) in [6.07, 6.45) is 5.17. The quantitative estimate of drug-likeness (QED) is 0.620. The van der Waals surface area contributed by atoms with Crippen molar-refractivity contribution in [3.8, 4) is 0 Å². The maximum absolute atomic E-state index is 12.5. The predicted octanol–water partition coefficient (Wildman–Crippen LogP) is 0.0854. The van der Waals surface area contributed by atoms with E-state index in [4.69, 9.17) is 5.73 Å². The van der Waals surface area contributed by atoms with Gasteiger partial charge in [-0.05, 0) is 33.6 Å². The predicted molar refractivity (Wildman–Crippen MR) is 106 cm³/mol. The molecule has 28 heavy (non-hydrogen) atoms. The van der Waals surface area contributed by atoms with Gasteiger partial charge in [0.25, 0.3) is 5.91 Å². The Hall–Kier alpha value is -2.52. The second-order valence-corrected chi connectivity index (χ2v) is 7.97. The Labute approximate surface area is 164 Å². The second kappa shape index (κ2) is 8.24. The van der Waals surface area contributed by atoms with Crippen LogP contribution in [0.25, 0.3) is 5.65 Å². The third-order valence-electron chi connectivity index (χ3n) is 5.08. The van der Waals surface area contributed by atoms with Crippen LogP contribution in [0.3, 0.4) is 0 Å². The average Bonchev–Trinajstić information content (AvgIpc) is 3.28. The van der Waals surface area contributed by atoms with Crippen molar-refractivity contribution in [2.45, 2.75) is 45.2 Å². The minimum absolute atomic E-state index is 0.0519. The van der Waals surface area contributed by atoms with Gasteiger partial charge in [0.1, 0.15) is 0 Å². The van der Waals surface area contributed by atoms with E-state index in [1.165, 1.54) is 6.20 Å². The molecule has 0 aromatic carbocycles. The van der Waals surface area contributed by atoms with E-state index in [2.05, 4.69) is 20.7 Å². The Morgan fingerprint density at radius 2 is 2.18 bits per heavy atom. The highest BCUT2D eigenvalue weighted by molar-refractivity contribution is 5.93. The number of carbonyl (C=O) groups excluding carboxylic acids is 2. The number of fused-ring (bicyclic) bond motifs is 1. The molecule has 1 atom stereocenters. The molecular weight excluding hydrogens is 358 g/mol. The fourth-order valence-corrected chi connectivity index (χ4v) is 3.40. The number of hydrogen-bond donors (Lipinski definition) is 3. The average molecular weight is 387 g/mol. The normalized spacial score (nSPS) is 17.3. The van der Waals surface area contributed by atoms with Crippen molar-refractivity contribution in [1.29, 1.82) is 0 Å². The zero-order valence-electron chi connectivity index (χ0n) is 16.7. The number of amides is 2. The molecule has 3 rings (SSSR count). The maximum atomic E-state index is 12.5. The number of nitrogens with one attached hydrogen (secondary N) is 2. The third-order valence-corrected chi connectivity index (χ3v) is 5.08. The number of nitrogens with zero attached hydrogens (tertiary/aromatic N) is 4. The molecule has 0 aliphatic carbocycles. The summed E-state index contributed by atoms with van der Waals surface area (Å²) in [7, 11) is 0. The van der Waals surface area contributed by atoms with Crippen molar-refractivity contribution >= 4 is 17.5 Å². The van der Waals surface area contributed by atoms with E-state index < -0.39 is 5.54 Å². The SMILES string of the molecule is Cc1cc2ncc(C(=O)NCC(C)(C)NCC(=O)N3CCCC3CN)cn2n1. The summed E-state index contributed by atoms with van der Waals surface area (Å²) in [6.45, 7) is 7.63. The van der Waals surface area contributed by atoms with E-state index in [1.54, 1.807) is 10.7 Å². The summed E-state index contributed by atoms with van der Waals surface area (Å²) in [5.74, 6) is -0.178. The minimum atomic E-state index is -0.441. The monoisotopic (exact) mass is 387 g/mol. The van der Waals surface area contributed by atoms with Crippen molar-refractivity contribution in [3.63, 3.8) is 0 Å². The van der Waals surface area contributed by atoms with E-state index in [9.17, 15) is 9.59 Å². The largest absolute Gasteiger partial charge is 0.350 e. The smallest absolute Gasteiger partial charge is 0.254 e. The standard InChI is InChI=1S/C19H29N7O2/c1-13-7-16-21-9-14(11-26(16)24-13)18(28)22-12-19(2,3)23-10-17(27)25-6-4-5-15(25)8-20/h7,9,11,15,23H,4-6,8,10,12,20H2,1-3H3,(H,22,28). The highest BCUT2D eigenvalue weighted by atomic mass is 16.2. The molecule has 1 aliphatic rings. The highest BCUT2D eigenvalue weighted by Crippen LogP contribution is 2.16. The first-order valence-corrected chi connectivity index (χ1v) is 9.64. The van der Waals surface area contributed by atoms with Crippen LogP contribution in [0.1, 0.15) is 42.7 Å². The molecule has 1 fully saturated rings. The summed E-state index contributed by atoms with van der Waals surface area (Å²) < 4.78 is 1.59. The summed E-state index contributed by atoms with van der Waals surface area (Å²) in [4.78, 5) is 31.0. The summed E-state index contributed by atoms with van der Waals surface area (Å²) in [5.41, 5.74) is 7.28. The van der Waals surface area contributed by atoms with E-state index in [0.717, 1.165) is 25.1 Å². The van der Waals surface area contributed by atoms with Gasteiger partial charge in [-0.25, -0.2) is 9.50 Å². The van der Waals surface area contributed by atoms with Crippen LogP contribution in [0.15, 0.2) is 18.5 Å². The Balaban J connectivity index is 1.51. The van der Waals surface area contributed by atoms with Crippen LogP contribution in [0.5, 0.6) is 0 Å². The van der Waals surface area contributed by atoms with Gasteiger partial charge < -0.3 is 21.3 Å². The number of likely N-dealkylation sites (tertiary alicyclic amines) is 1. The van der Waals surface area contributed by atoms with E-state index in [1.807, 2.05) is 31.7 Å². The zero-order valence-corrected chi connectivity index (χ0v) is 16.7. The van der Waals surface area contributed by atoms with Crippen LogP contribution in [0.4, 0.5) is 0 Å². The van der Waals surface area contributed by atoms with Gasteiger partial charge in [0.2, 0.25) is 5.91 Å². The molecule has 0 bridgehead atoms. The van der Waals surface area contributed by atoms with Crippen molar-refractivity contribution in [1.82, 2.24) is 30.1 Å². The van der Waals surface area contributed by atoms with Gasteiger partial charge in [0.15, 0.2) is 5.65 Å². The van der Waals surface area contributed by atoms with Crippen molar-refractivity contribution in [3.05, 3.63) is 29.7 Å². The van der Waals surface area contributed by atoms with Crippen molar-refractivity contribution in [2.24, 2.45) is 5.73 Å². The Bertz CT molecular complexity index is 861. The third kappa shape index (κ3) is 4.66. The molecule has 1 aliphatic heterocycles. The van der Waals surface area contributed by atoms with Crippen LogP contribution in [-0.2, 0) is 4.79 Å². The first-order valence-electron chi connectivity index (χ1n) is 9.64. The molecule has 2 amide bonds. The maximum Gasteiger partial charge on any atom is 0.254 e. The van der Waals surface area contributed by atoms with Crippen LogP contribution >= 0.6 is 0 Å². The van der Waals surface area contributed by atoms with Crippen LogP contribution < -0.4 is 16.4 Å². The molecule has 0 spiro atoms. The fourth-order valence-electron chi connectivity index (χ4n) is 3.40. The molecule has 0 radical (unpaired) electrons. The molecule has 152 valence electrons. The summed E-state index contributed by atoms with van der Waals surface area (Å²) >= 11 is 0. The fraction of sp³-hybridized carbons (Fsp3) is 0.579. The lowest BCUT2D eigenvalue weighted by Crippen LogP contribution is -2.53. The number of hydrogen-bond acceptors (Lipinski definition) is 6. The topological polar surface area (TPSA) is 118 Å². The van der Waals surface area contributed by atoms with Crippen LogP contribution in [-0.4, -0.2) is 69.1 Å². The van der Waals surface area contributed by atoms with Crippen molar-refractivity contribution < 1.29 is 9.59 Å². The van der Waals surface area contributed by atoms with Gasteiger partial charge in [0.05, 0.1) is 17.8 Å². The lowest BCUT2D eigenvalue weighted by Gasteiger charge is -2.29. The number of carbonyl (C=O) groups is 2. The summed E-state index contributed by atoms with van der Waals surface area (Å²) in [6, 6.07) is 1.99. The van der Waals surface area contributed by atoms with Crippen molar-refractivity contribution in [2.75, 3.05) is 26.2 Å². The molecular formula is C19H29N7O2. The molecule has 1 unspecified atom stereocenters. The Kier molecular flexibility index (Phi) is 5.95. The van der Waals surface area contributed by atoms with Gasteiger partial charge in [-0.15, -0.1) is 0 Å². The number of aromatic nitrogens is 3. The lowest BCUT2D eigenvalue weighted by atomic mass is 10.1. The zero-order chi connectivity index (χ0) is 20.3. The molecule has 4 N–H and O–H groups in total. The number of rotatable bonds is 7. The van der Waals surface area contributed by atoms with Gasteiger partial charge in [-0.1, -0.05) is 0 Å². The van der Waals surface area contributed by atoms with Gasteiger partial charge in [-0.3, -0.25) is 9.59 Å².